The van der Waals surface area contributed by atoms with Gasteiger partial charge in [0.15, 0.2) is 4.96 Å². The molecule has 0 aliphatic carbocycles. The van der Waals surface area contributed by atoms with Crippen LogP contribution in [0.15, 0.2) is 45.2 Å². The molecule has 1 fully saturated rings. The zero-order valence-corrected chi connectivity index (χ0v) is 15.0. The van der Waals surface area contributed by atoms with Gasteiger partial charge in [-0.1, -0.05) is 0 Å². The topological polar surface area (TPSA) is 75.7 Å². The molecule has 8 heteroatoms. The molecule has 0 radical (unpaired) electrons. The minimum atomic E-state index is -0.415. The van der Waals surface area contributed by atoms with Crippen molar-refractivity contribution >= 4 is 33.2 Å². The summed E-state index contributed by atoms with van der Waals surface area (Å²) in [5, 5.41) is 6.16. The summed E-state index contributed by atoms with van der Waals surface area (Å²) in [5.41, 5.74) is 1.02. The maximum atomic E-state index is 12.5. The molecule has 1 N–H and O–H groups in total. The van der Waals surface area contributed by atoms with Crippen LogP contribution in [0.5, 0.6) is 0 Å². The number of anilines is 1. The highest BCUT2D eigenvalue weighted by Crippen LogP contribution is 2.24. The summed E-state index contributed by atoms with van der Waals surface area (Å²) in [6.45, 7) is 4.83. The van der Waals surface area contributed by atoms with Crippen LogP contribution in [0.1, 0.15) is 6.92 Å². The van der Waals surface area contributed by atoms with Crippen LogP contribution >= 0.6 is 11.3 Å². The second-order valence-corrected chi connectivity index (χ2v) is 7.40. The molecule has 4 aromatic heterocycles. The van der Waals surface area contributed by atoms with E-state index in [1.807, 2.05) is 40.4 Å². The van der Waals surface area contributed by atoms with E-state index in [1.54, 1.807) is 0 Å². The number of piperazine rings is 1. The maximum Gasteiger partial charge on any atom is 0.347 e. The number of hydrogen-bond acceptors (Lipinski definition) is 7. The van der Waals surface area contributed by atoms with Crippen LogP contribution in [0.3, 0.4) is 0 Å². The van der Waals surface area contributed by atoms with Crippen molar-refractivity contribution in [3.05, 3.63) is 46.4 Å². The molecule has 1 atom stereocenters. The lowest BCUT2D eigenvalue weighted by Crippen LogP contribution is -2.49. The third-order valence-corrected chi connectivity index (χ3v) is 5.42. The van der Waals surface area contributed by atoms with Crippen molar-refractivity contribution < 1.29 is 4.42 Å². The van der Waals surface area contributed by atoms with Crippen LogP contribution in [0.4, 0.5) is 5.82 Å². The van der Waals surface area contributed by atoms with Crippen molar-refractivity contribution in [3.63, 3.8) is 0 Å². The lowest BCUT2D eigenvalue weighted by Gasteiger charge is -2.32. The van der Waals surface area contributed by atoms with Crippen LogP contribution < -0.4 is 15.8 Å². The Hall–Kier alpha value is -2.71. The van der Waals surface area contributed by atoms with Gasteiger partial charge in [0.2, 0.25) is 5.71 Å². The SMILES string of the molecule is C[C@H]1CN(c2ccc3cc(-c4cn5ccsc5n4)c(=O)oc3n2)CCN1. The van der Waals surface area contributed by atoms with Gasteiger partial charge in [-0.2, -0.15) is 4.98 Å². The predicted molar refractivity (Wildman–Crippen MR) is 102 cm³/mol. The standard InChI is InChI=1S/C18H17N5O2S/c1-11-9-22(5-4-19-11)15-3-2-12-8-13(17(24)25-16(12)21-15)14-10-23-6-7-26-18(23)20-14/h2-3,6-8,10-11,19H,4-5,9H2,1H3/t11-/m0/s1. The molecule has 0 amide bonds. The minimum Gasteiger partial charge on any atom is -0.403 e. The van der Waals surface area contributed by atoms with Gasteiger partial charge in [0, 0.05) is 48.8 Å². The van der Waals surface area contributed by atoms with Gasteiger partial charge < -0.3 is 14.6 Å². The van der Waals surface area contributed by atoms with E-state index >= 15 is 0 Å². The van der Waals surface area contributed by atoms with E-state index < -0.39 is 5.63 Å². The number of imidazole rings is 1. The molecule has 1 aliphatic rings. The Bertz CT molecular complexity index is 1130. The second kappa shape index (κ2) is 5.93. The summed E-state index contributed by atoms with van der Waals surface area (Å²) in [5.74, 6) is 0.837. The van der Waals surface area contributed by atoms with E-state index in [-0.39, 0.29) is 0 Å². The first-order chi connectivity index (χ1) is 12.7. The summed E-state index contributed by atoms with van der Waals surface area (Å²) >= 11 is 1.53. The number of nitrogens with zero attached hydrogens (tertiary/aromatic N) is 4. The van der Waals surface area contributed by atoms with Crippen molar-refractivity contribution in [2.45, 2.75) is 13.0 Å². The van der Waals surface area contributed by atoms with Crippen molar-refractivity contribution in [2.24, 2.45) is 0 Å². The van der Waals surface area contributed by atoms with Crippen LogP contribution in [0.2, 0.25) is 0 Å². The van der Waals surface area contributed by atoms with Gasteiger partial charge >= 0.3 is 5.63 Å². The van der Waals surface area contributed by atoms with E-state index in [4.69, 9.17) is 4.42 Å². The third-order valence-electron chi connectivity index (χ3n) is 4.65. The van der Waals surface area contributed by atoms with Crippen LogP contribution in [0.25, 0.3) is 27.3 Å². The first kappa shape index (κ1) is 15.5. The Morgan fingerprint density at radius 1 is 1.35 bits per heavy atom. The average molecular weight is 367 g/mol. The maximum absolute atomic E-state index is 12.5. The fourth-order valence-corrected chi connectivity index (χ4v) is 4.04. The lowest BCUT2D eigenvalue weighted by atomic mass is 10.2. The third kappa shape index (κ3) is 2.58. The molecule has 0 saturated carbocycles. The zero-order valence-electron chi connectivity index (χ0n) is 14.2. The Morgan fingerprint density at radius 2 is 2.27 bits per heavy atom. The number of nitrogens with one attached hydrogen (secondary N) is 1. The van der Waals surface area contributed by atoms with E-state index in [2.05, 4.69) is 27.1 Å². The number of pyridine rings is 1. The molecule has 5 rings (SSSR count). The van der Waals surface area contributed by atoms with E-state index in [1.165, 1.54) is 11.3 Å². The van der Waals surface area contributed by atoms with Crippen LogP contribution in [-0.4, -0.2) is 40.0 Å². The lowest BCUT2D eigenvalue weighted by molar-refractivity contribution is 0.481. The molecule has 0 bridgehead atoms. The summed E-state index contributed by atoms with van der Waals surface area (Å²) < 4.78 is 7.42. The number of hydrogen-bond donors (Lipinski definition) is 1. The van der Waals surface area contributed by atoms with E-state index in [0.29, 0.717) is 23.0 Å². The van der Waals surface area contributed by atoms with Gasteiger partial charge in [-0.3, -0.25) is 4.40 Å². The molecular weight excluding hydrogens is 350 g/mol. The van der Waals surface area contributed by atoms with Crippen LogP contribution in [0, 0.1) is 0 Å². The van der Waals surface area contributed by atoms with E-state index in [0.717, 1.165) is 35.8 Å². The Balaban J connectivity index is 1.56. The average Bonchev–Trinajstić information content (AvgIpc) is 3.22. The second-order valence-electron chi connectivity index (χ2n) is 6.53. The number of thiazole rings is 1. The highest BCUT2D eigenvalue weighted by molar-refractivity contribution is 7.15. The molecule has 26 heavy (non-hydrogen) atoms. The molecule has 0 aromatic carbocycles. The molecule has 7 nitrogen and oxygen atoms in total. The van der Waals surface area contributed by atoms with Gasteiger partial charge in [-0.25, -0.2) is 9.78 Å². The van der Waals surface area contributed by atoms with Gasteiger partial charge in [-0.15, -0.1) is 11.3 Å². The molecule has 4 aromatic rings. The highest BCUT2D eigenvalue weighted by atomic mass is 32.1. The van der Waals surface area contributed by atoms with E-state index in [9.17, 15) is 4.79 Å². The normalized spacial score (nSPS) is 18.0. The Morgan fingerprint density at radius 3 is 3.12 bits per heavy atom. The molecule has 1 saturated heterocycles. The zero-order chi connectivity index (χ0) is 17.7. The summed E-state index contributed by atoms with van der Waals surface area (Å²) in [6.07, 6.45) is 3.76. The van der Waals surface area contributed by atoms with Gasteiger partial charge in [0.25, 0.3) is 0 Å². The molecular formula is C18H17N5O2S. The smallest absolute Gasteiger partial charge is 0.347 e. The van der Waals surface area contributed by atoms with Gasteiger partial charge in [-0.05, 0) is 25.1 Å². The fourth-order valence-electron chi connectivity index (χ4n) is 3.34. The fraction of sp³-hybridized carbons (Fsp3) is 0.278. The molecule has 5 heterocycles. The van der Waals surface area contributed by atoms with Crippen LogP contribution in [-0.2, 0) is 0 Å². The van der Waals surface area contributed by atoms with Gasteiger partial charge in [0.05, 0.1) is 11.3 Å². The molecule has 0 spiro atoms. The summed E-state index contributed by atoms with van der Waals surface area (Å²) in [4.78, 5) is 24.6. The number of aromatic nitrogens is 3. The minimum absolute atomic E-state index is 0.364. The van der Waals surface area contributed by atoms with Crippen molar-refractivity contribution in [1.82, 2.24) is 19.7 Å². The first-order valence-corrected chi connectivity index (χ1v) is 9.41. The molecule has 132 valence electrons. The van der Waals surface area contributed by atoms with Crippen molar-refractivity contribution in [3.8, 4) is 11.3 Å². The quantitative estimate of drug-likeness (QED) is 0.586. The predicted octanol–water partition coefficient (Wildman–Crippen LogP) is 2.36. The largest absolute Gasteiger partial charge is 0.403 e. The Labute approximate surface area is 152 Å². The van der Waals surface area contributed by atoms with Crippen molar-refractivity contribution in [1.29, 1.82) is 0 Å². The molecule has 1 aliphatic heterocycles. The summed E-state index contributed by atoms with van der Waals surface area (Å²) in [6, 6.07) is 6.15. The molecule has 0 unspecified atom stereocenters. The van der Waals surface area contributed by atoms with Crippen molar-refractivity contribution in [2.75, 3.05) is 24.5 Å². The Kier molecular flexibility index (Phi) is 3.54. The number of rotatable bonds is 2. The highest BCUT2D eigenvalue weighted by Gasteiger charge is 2.18. The van der Waals surface area contributed by atoms with Gasteiger partial charge in [0.1, 0.15) is 5.82 Å². The monoisotopic (exact) mass is 367 g/mol. The first-order valence-electron chi connectivity index (χ1n) is 8.53. The summed E-state index contributed by atoms with van der Waals surface area (Å²) in [7, 11) is 0. The number of fused-ring (bicyclic) bond motifs is 2.